The lowest BCUT2D eigenvalue weighted by molar-refractivity contribution is 0.0657. The van der Waals surface area contributed by atoms with E-state index in [1.54, 1.807) is 24.5 Å². The lowest BCUT2D eigenvalue weighted by atomic mass is 10.1. The highest BCUT2D eigenvalue weighted by Crippen LogP contribution is 2.09. The highest BCUT2D eigenvalue weighted by Gasteiger charge is 2.14. The van der Waals surface area contributed by atoms with Gasteiger partial charge in [0, 0.05) is 24.3 Å². The van der Waals surface area contributed by atoms with Gasteiger partial charge in [-0.3, -0.25) is 4.79 Å². The molecule has 4 heteroatoms. The van der Waals surface area contributed by atoms with Crippen molar-refractivity contribution in [3.05, 3.63) is 33.7 Å². The van der Waals surface area contributed by atoms with Crippen LogP contribution in [0, 0.1) is 6.92 Å². The van der Waals surface area contributed by atoms with E-state index in [1.807, 2.05) is 13.0 Å². The monoisotopic (exact) mass is 224 g/mol. The van der Waals surface area contributed by atoms with Crippen molar-refractivity contribution in [1.82, 2.24) is 4.57 Å². The molecule has 0 amide bonds. The smallest absolute Gasteiger partial charge is 0.255 e. The lowest BCUT2D eigenvalue weighted by Crippen LogP contribution is -2.30. The van der Waals surface area contributed by atoms with E-state index in [0.717, 1.165) is 5.69 Å². The molecule has 0 spiro atoms. The van der Waals surface area contributed by atoms with E-state index in [1.165, 1.54) is 0 Å². The first-order valence-corrected chi connectivity index (χ1v) is 5.47. The van der Waals surface area contributed by atoms with Gasteiger partial charge in [0.25, 0.3) is 5.56 Å². The molecule has 90 valence electrons. The predicted octanol–water partition coefficient (Wildman–Crippen LogP) is 0.776. The van der Waals surface area contributed by atoms with Crippen molar-refractivity contribution >= 4 is 0 Å². The summed E-state index contributed by atoms with van der Waals surface area (Å²) in [7, 11) is 0. The van der Waals surface area contributed by atoms with Crippen molar-refractivity contribution in [2.24, 2.45) is 5.73 Å². The molecule has 0 aromatic carbocycles. The third-order valence-corrected chi connectivity index (χ3v) is 2.64. The number of aliphatic hydroxyl groups is 1. The van der Waals surface area contributed by atoms with Gasteiger partial charge in [0.05, 0.1) is 5.60 Å². The quantitative estimate of drug-likeness (QED) is 0.794. The van der Waals surface area contributed by atoms with Crippen LogP contribution in [-0.4, -0.2) is 15.3 Å². The normalized spacial score (nSPS) is 11.8. The van der Waals surface area contributed by atoms with Crippen LogP contribution in [0.3, 0.4) is 0 Å². The maximum absolute atomic E-state index is 11.9. The summed E-state index contributed by atoms with van der Waals surface area (Å²) in [5.41, 5.74) is 6.19. The second kappa shape index (κ2) is 4.80. The largest absolute Gasteiger partial charge is 0.390 e. The lowest BCUT2D eigenvalue weighted by Gasteiger charge is -2.19. The fraction of sp³-hybridized carbons (Fsp3) is 0.583. The number of pyridine rings is 1. The molecule has 0 aliphatic heterocycles. The van der Waals surface area contributed by atoms with Crippen molar-refractivity contribution in [3.8, 4) is 0 Å². The molecule has 0 saturated heterocycles. The van der Waals surface area contributed by atoms with Gasteiger partial charge in [0.15, 0.2) is 0 Å². The summed E-state index contributed by atoms with van der Waals surface area (Å²) in [6.07, 6.45) is 0.543. The number of aryl methyl sites for hydroxylation is 1. The zero-order valence-corrected chi connectivity index (χ0v) is 10.2. The van der Waals surface area contributed by atoms with Gasteiger partial charge in [-0.1, -0.05) is 6.07 Å². The molecule has 1 aromatic rings. The van der Waals surface area contributed by atoms with Crippen LogP contribution >= 0.6 is 0 Å². The standard InChI is InChI=1S/C12H20N2O2/c1-9-4-5-10(8-13)11(15)14(9)7-6-12(2,3)16/h4-5,16H,6-8,13H2,1-3H3. The van der Waals surface area contributed by atoms with Crippen molar-refractivity contribution in [3.63, 3.8) is 0 Å². The van der Waals surface area contributed by atoms with Gasteiger partial charge in [0.1, 0.15) is 0 Å². The highest BCUT2D eigenvalue weighted by atomic mass is 16.3. The number of hydrogen-bond donors (Lipinski definition) is 2. The fourth-order valence-corrected chi connectivity index (χ4v) is 1.53. The van der Waals surface area contributed by atoms with E-state index in [0.29, 0.717) is 18.5 Å². The summed E-state index contributed by atoms with van der Waals surface area (Å²) in [6, 6.07) is 3.65. The minimum atomic E-state index is -0.759. The average Bonchev–Trinajstić information content (AvgIpc) is 2.16. The number of hydrogen-bond acceptors (Lipinski definition) is 3. The Morgan fingerprint density at radius 1 is 1.44 bits per heavy atom. The van der Waals surface area contributed by atoms with Gasteiger partial charge in [-0.25, -0.2) is 0 Å². The number of nitrogens with two attached hydrogens (primary N) is 1. The summed E-state index contributed by atoms with van der Waals surface area (Å²) < 4.78 is 1.67. The average molecular weight is 224 g/mol. The fourth-order valence-electron chi connectivity index (χ4n) is 1.53. The first kappa shape index (κ1) is 12.9. The number of nitrogens with zero attached hydrogens (tertiary/aromatic N) is 1. The molecule has 0 atom stereocenters. The summed E-state index contributed by atoms with van der Waals surface area (Å²) in [5.74, 6) is 0. The van der Waals surface area contributed by atoms with Crippen LogP contribution in [0.4, 0.5) is 0 Å². The zero-order valence-electron chi connectivity index (χ0n) is 10.2. The first-order chi connectivity index (χ1) is 7.35. The molecule has 0 saturated carbocycles. The highest BCUT2D eigenvalue weighted by molar-refractivity contribution is 5.15. The van der Waals surface area contributed by atoms with Crippen molar-refractivity contribution in [2.75, 3.05) is 0 Å². The Hall–Kier alpha value is -1.13. The van der Waals surface area contributed by atoms with E-state index >= 15 is 0 Å². The van der Waals surface area contributed by atoms with Gasteiger partial charge in [-0.15, -0.1) is 0 Å². The van der Waals surface area contributed by atoms with Crippen LogP contribution in [0.15, 0.2) is 16.9 Å². The Labute approximate surface area is 95.7 Å². The molecular formula is C12H20N2O2. The van der Waals surface area contributed by atoms with Gasteiger partial charge in [-0.2, -0.15) is 0 Å². The summed E-state index contributed by atoms with van der Waals surface area (Å²) in [5, 5.41) is 9.65. The Morgan fingerprint density at radius 2 is 2.06 bits per heavy atom. The van der Waals surface area contributed by atoms with E-state index in [9.17, 15) is 9.90 Å². The summed E-state index contributed by atoms with van der Waals surface area (Å²) in [6.45, 7) is 6.12. The maximum Gasteiger partial charge on any atom is 0.255 e. The Balaban J connectivity index is 2.99. The zero-order chi connectivity index (χ0) is 12.3. The van der Waals surface area contributed by atoms with Crippen LogP contribution in [0.25, 0.3) is 0 Å². The third-order valence-electron chi connectivity index (χ3n) is 2.64. The van der Waals surface area contributed by atoms with Crippen LogP contribution in [0.5, 0.6) is 0 Å². The topological polar surface area (TPSA) is 68.2 Å². The molecule has 0 aliphatic rings. The van der Waals surface area contributed by atoms with Crippen molar-refractivity contribution in [1.29, 1.82) is 0 Å². The van der Waals surface area contributed by atoms with Gasteiger partial charge >= 0.3 is 0 Å². The molecule has 16 heavy (non-hydrogen) atoms. The second-order valence-electron chi connectivity index (χ2n) is 4.72. The molecule has 0 unspecified atom stereocenters. The molecule has 1 heterocycles. The van der Waals surface area contributed by atoms with Gasteiger partial charge in [0.2, 0.25) is 0 Å². The Morgan fingerprint density at radius 3 is 2.56 bits per heavy atom. The van der Waals surface area contributed by atoms with Crippen molar-refractivity contribution < 1.29 is 5.11 Å². The summed E-state index contributed by atoms with van der Waals surface area (Å²) in [4.78, 5) is 11.9. The SMILES string of the molecule is Cc1ccc(CN)c(=O)n1CCC(C)(C)O. The van der Waals surface area contributed by atoms with E-state index in [2.05, 4.69) is 0 Å². The van der Waals surface area contributed by atoms with E-state index in [4.69, 9.17) is 5.73 Å². The molecule has 1 aromatic heterocycles. The number of rotatable bonds is 4. The Kier molecular flexibility index (Phi) is 3.88. The van der Waals surface area contributed by atoms with E-state index < -0.39 is 5.60 Å². The van der Waals surface area contributed by atoms with Crippen LogP contribution in [0.2, 0.25) is 0 Å². The predicted molar refractivity (Wildman–Crippen MR) is 64.2 cm³/mol. The molecule has 0 bridgehead atoms. The van der Waals surface area contributed by atoms with E-state index in [-0.39, 0.29) is 12.1 Å². The van der Waals surface area contributed by atoms with Crippen molar-refractivity contribution in [2.45, 2.75) is 45.9 Å². The van der Waals surface area contributed by atoms with Gasteiger partial charge < -0.3 is 15.4 Å². The molecule has 0 radical (unpaired) electrons. The molecule has 0 aliphatic carbocycles. The van der Waals surface area contributed by atoms with Gasteiger partial charge in [-0.05, 0) is 33.3 Å². The second-order valence-corrected chi connectivity index (χ2v) is 4.72. The Bertz CT molecular complexity index is 416. The van der Waals surface area contributed by atoms with Crippen LogP contribution < -0.4 is 11.3 Å². The maximum atomic E-state index is 11.9. The van der Waals surface area contributed by atoms with Crippen LogP contribution in [-0.2, 0) is 13.1 Å². The molecular weight excluding hydrogens is 204 g/mol. The molecule has 4 nitrogen and oxygen atoms in total. The summed E-state index contributed by atoms with van der Waals surface area (Å²) >= 11 is 0. The molecule has 0 fully saturated rings. The minimum Gasteiger partial charge on any atom is -0.390 e. The van der Waals surface area contributed by atoms with Crippen LogP contribution in [0.1, 0.15) is 31.5 Å². The molecule has 1 rings (SSSR count). The minimum absolute atomic E-state index is 0.0493. The third kappa shape index (κ3) is 3.18. The molecule has 3 N–H and O–H groups in total. The number of aromatic nitrogens is 1. The first-order valence-electron chi connectivity index (χ1n) is 5.47.